The molecule has 0 saturated heterocycles. The molecule has 3 aromatic heterocycles. The highest BCUT2D eigenvalue weighted by Crippen LogP contribution is 2.46. The molecule has 1 aromatic carbocycles. The predicted molar refractivity (Wildman–Crippen MR) is 151 cm³/mol. The first-order chi connectivity index (χ1) is 20.8. The number of aliphatic carboxylic acids is 1. The Morgan fingerprint density at radius 1 is 1.16 bits per heavy atom. The number of nitrogens with zero attached hydrogens (tertiary/aromatic N) is 5. The van der Waals surface area contributed by atoms with Crippen LogP contribution in [0.2, 0.25) is 0 Å². The minimum Gasteiger partial charge on any atom is -0.481 e. The number of fused-ring (bicyclic) bond motifs is 2. The number of aromatic nitrogens is 4. The SMILES string of the molecule is Cc1ccc(C(CC(=O)O)c2ccn3c(C(F)F)nnc3c2C)cc1CN1CC2(CC2)Oc2ncc(C(N)=O)cc2S1(=O)=O. The van der Waals surface area contributed by atoms with Gasteiger partial charge >= 0.3 is 5.97 Å². The standard InChI is InChI=1S/C29H28F2N6O6S/c1-15-3-4-17(21(11-23(38)39)20-5-8-37-26(16(20)2)34-35-27(37)24(30)31)9-19(15)13-36-14-29(6-7-29)43-28-22(44(36,41)42)10-18(12-33-28)25(32)40/h3-5,8-10,12,21,24H,6-7,11,13-14H2,1-2H3,(H2,32,40)(H,38,39). The van der Waals surface area contributed by atoms with Crippen molar-refractivity contribution in [3.63, 3.8) is 0 Å². The summed E-state index contributed by atoms with van der Waals surface area (Å²) >= 11 is 0. The van der Waals surface area contributed by atoms with E-state index in [0.29, 0.717) is 35.1 Å². The zero-order valence-corrected chi connectivity index (χ0v) is 24.5. The molecule has 4 aromatic rings. The normalized spacial score (nSPS) is 17.7. The van der Waals surface area contributed by atoms with Crippen LogP contribution in [0.25, 0.3) is 5.65 Å². The zero-order chi connectivity index (χ0) is 31.6. The molecule has 15 heteroatoms. The second kappa shape index (κ2) is 10.6. The van der Waals surface area contributed by atoms with E-state index < -0.39 is 45.7 Å². The van der Waals surface area contributed by atoms with E-state index >= 15 is 0 Å². The van der Waals surface area contributed by atoms with Crippen molar-refractivity contribution in [3.05, 3.63) is 81.9 Å². The molecule has 1 amide bonds. The molecule has 1 aliphatic carbocycles. The van der Waals surface area contributed by atoms with Crippen molar-refractivity contribution in [3.8, 4) is 5.88 Å². The molecule has 1 unspecified atom stereocenters. The van der Waals surface area contributed by atoms with Crippen molar-refractivity contribution in [2.24, 2.45) is 5.73 Å². The van der Waals surface area contributed by atoms with E-state index in [4.69, 9.17) is 10.5 Å². The predicted octanol–water partition coefficient (Wildman–Crippen LogP) is 3.50. The van der Waals surface area contributed by atoms with Gasteiger partial charge in [-0.1, -0.05) is 18.2 Å². The summed E-state index contributed by atoms with van der Waals surface area (Å²) in [5, 5.41) is 17.3. The van der Waals surface area contributed by atoms with Gasteiger partial charge in [0.05, 0.1) is 18.5 Å². The van der Waals surface area contributed by atoms with Crippen molar-refractivity contribution in [2.75, 3.05) is 6.54 Å². The van der Waals surface area contributed by atoms with Crippen LogP contribution >= 0.6 is 0 Å². The Labute approximate surface area is 250 Å². The number of pyridine rings is 2. The van der Waals surface area contributed by atoms with E-state index in [2.05, 4.69) is 15.2 Å². The molecule has 1 fully saturated rings. The molecule has 1 spiro atoms. The highest BCUT2D eigenvalue weighted by Gasteiger charge is 2.52. The van der Waals surface area contributed by atoms with Crippen molar-refractivity contribution in [1.82, 2.24) is 23.9 Å². The molecular formula is C29H28F2N6O6S. The van der Waals surface area contributed by atoms with Gasteiger partial charge in [0, 0.05) is 24.9 Å². The number of sulfonamides is 1. The summed E-state index contributed by atoms with van der Waals surface area (Å²) in [6.07, 6.45) is 0.665. The number of carboxylic acids is 1. The lowest BCUT2D eigenvalue weighted by molar-refractivity contribution is -0.137. The molecule has 6 rings (SSSR count). The van der Waals surface area contributed by atoms with E-state index in [1.165, 1.54) is 27.2 Å². The quantitative estimate of drug-likeness (QED) is 0.297. The number of amides is 1. The fourth-order valence-corrected chi connectivity index (χ4v) is 7.23. The van der Waals surface area contributed by atoms with Gasteiger partial charge in [-0.15, -0.1) is 10.2 Å². The summed E-state index contributed by atoms with van der Waals surface area (Å²) in [5.41, 5.74) is 7.80. The maximum Gasteiger partial charge on any atom is 0.304 e. The molecule has 230 valence electrons. The third-order valence-corrected chi connectivity index (χ3v) is 10.1. The lowest BCUT2D eigenvalue weighted by Gasteiger charge is -2.25. The Kier molecular flexibility index (Phi) is 7.12. The number of carboxylic acid groups (broad SMARTS) is 1. The fraction of sp³-hybridized carbons (Fsp3) is 0.345. The number of carbonyl (C=O) groups is 2. The smallest absolute Gasteiger partial charge is 0.304 e. The molecule has 12 nitrogen and oxygen atoms in total. The van der Waals surface area contributed by atoms with Gasteiger partial charge in [0.15, 0.2) is 5.65 Å². The Balaban J connectivity index is 1.41. The lowest BCUT2D eigenvalue weighted by Crippen LogP contribution is -2.38. The Morgan fingerprint density at radius 3 is 2.57 bits per heavy atom. The van der Waals surface area contributed by atoms with Gasteiger partial charge in [0.2, 0.25) is 27.6 Å². The van der Waals surface area contributed by atoms with Gasteiger partial charge in [0.25, 0.3) is 6.43 Å². The van der Waals surface area contributed by atoms with Crippen LogP contribution in [0.4, 0.5) is 8.78 Å². The van der Waals surface area contributed by atoms with Crippen molar-refractivity contribution in [2.45, 2.75) is 62.5 Å². The van der Waals surface area contributed by atoms with Crippen LogP contribution in [0.15, 0.2) is 47.6 Å². The van der Waals surface area contributed by atoms with Crippen LogP contribution in [-0.4, -0.2) is 61.4 Å². The van der Waals surface area contributed by atoms with Crippen molar-refractivity contribution < 1.29 is 36.6 Å². The van der Waals surface area contributed by atoms with Gasteiger partial charge < -0.3 is 15.6 Å². The number of hydrogen-bond donors (Lipinski definition) is 2. The topological polar surface area (TPSA) is 170 Å². The van der Waals surface area contributed by atoms with E-state index in [9.17, 15) is 31.9 Å². The molecular weight excluding hydrogens is 598 g/mol. The first-order valence-electron chi connectivity index (χ1n) is 13.7. The molecule has 3 N–H and O–H groups in total. The third kappa shape index (κ3) is 5.15. The first-order valence-corrected chi connectivity index (χ1v) is 15.2. The average molecular weight is 627 g/mol. The Morgan fingerprint density at radius 2 is 1.91 bits per heavy atom. The van der Waals surface area contributed by atoms with Crippen LogP contribution in [0.3, 0.4) is 0 Å². The van der Waals surface area contributed by atoms with Crippen molar-refractivity contribution >= 4 is 27.5 Å². The second-order valence-corrected chi connectivity index (χ2v) is 13.1. The number of nitrogens with two attached hydrogens (primary N) is 1. The molecule has 1 atom stereocenters. The summed E-state index contributed by atoms with van der Waals surface area (Å²) in [7, 11) is -4.20. The number of hydrogen-bond acceptors (Lipinski definition) is 8. The van der Waals surface area contributed by atoms with E-state index in [1.54, 1.807) is 31.2 Å². The number of primary amides is 1. The van der Waals surface area contributed by atoms with Crippen LogP contribution in [0, 0.1) is 13.8 Å². The summed E-state index contributed by atoms with van der Waals surface area (Å²) < 4.78 is 63.2. The molecule has 4 heterocycles. The molecule has 1 saturated carbocycles. The maximum atomic E-state index is 13.9. The number of carbonyl (C=O) groups excluding carboxylic acids is 1. The first kappa shape index (κ1) is 29.6. The van der Waals surface area contributed by atoms with Gasteiger partial charge in [-0.25, -0.2) is 22.2 Å². The Hall–Kier alpha value is -4.50. The second-order valence-electron chi connectivity index (χ2n) is 11.2. The zero-order valence-electron chi connectivity index (χ0n) is 23.7. The van der Waals surface area contributed by atoms with Crippen molar-refractivity contribution in [1.29, 1.82) is 0 Å². The Bertz CT molecular complexity index is 1940. The molecule has 1 aliphatic heterocycles. The molecule has 0 radical (unpaired) electrons. The summed E-state index contributed by atoms with van der Waals surface area (Å²) in [6.45, 7) is 3.48. The highest BCUT2D eigenvalue weighted by molar-refractivity contribution is 7.89. The van der Waals surface area contributed by atoms with E-state index in [0.717, 1.165) is 5.56 Å². The van der Waals surface area contributed by atoms with Gasteiger partial charge in [-0.05, 0) is 66.6 Å². The third-order valence-electron chi connectivity index (χ3n) is 8.27. The van der Waals surface area contributed by atoms with Gasteiger partial charge in [-0.3, -0.25) is 14.0 Å². The average Bonchev–Trinajstić information content (AvgIpc) is 3.58. The number of benzene rings is 1. The van der Waals surface area contributed by atoms with Crippen LogP contribution in [-0.2, 0) is 21.4 Å². The number of alkyl halides is 2. The lowest BCUT2D eigenvalue weighted by atomic mass is 9.85. The fourth-order valence-electron chi connectivity index (χ4n) is 5.64. The number of aryl methyl sites for hydroxylation is 2. The van der Waals surface area contributed by atoms with Crippen LogP contribution < -0.4 is 10.5 Å². The molecule has 2 aliphatic rings. The number of rotatable bonds is 8. The van der Waals surface area contributed by atoms with Gasteiger partial charge in [-0.2, -0.15) is 4.31 Å². The molecule has 0 bridgehead atoms. The number of halogens is 2. The number of ether oxygens (including phenoxy) is 1. The summed E-state index contributed by atoms with van der Waals surface area (Å²) in [4.78, 5) is 27.7. The van der Waals surface area contributed by atoms with Crippen LogP contribution in [0.1, 0.15) is 75.6 Å². The van der Waals surface area contributed by atoms with E-state index in [1.807, 2.05) is 6.92 Å². The summed E-state index contributed by atoms with van der Waals surface area (Å²) in [6, 6.07) is 8.07. The minimum atomic E-state index is -4.20. The van der Waals surface area contributed by atoms with E-state index in [-0.39, 0.29) is 41.5 Å². The minimum absolute atomic E-state index is 0.0505. The highest BCUT2D eigenvalue weighted by atomic mass is 32.2. The largest absolute Gasteiger partial charge is 0.481 e. The maximum absolute atomic E-state index is 13.9. The monoisotopic (exact) mass is 626 g/mol. The molecule has 44 heavy (non-hydrogen) atoms. The van der Waals surface area contributed by atoms with Crippen LogP contribution in [0.5, 0.6) is 5.88 Å². The van der Waals surface area contributed by atoms with Gasteiger partial charge in [0.1, 0.15) is 10.5 Å². The summed E-state index contributed by atoms with van der Waals surface area (Å²) in [5.74, 6) is -3.21.